The van der Waals surface area contributed by atoms with Gasteiger partial charge in [-0.2, -0.15) is 17.0 Å². The van der Waals surface area contributed by atoms with Gasteiger partial charge in [-0.3, -0.25) is 0 Å². The molecule has 1 rings (SSSR count). The molecule has 5 heteroatoms. The summed E-state index contributed by atoms with van der Waals surface area (Å²) < 4.78 is 0. The van der Waals surface area contributed by atoms with Crippen LogP contribution in [0.15, 0.2) is 18.2 Å². The van der Waals surface area contributed by atoms with Crippen molar-refractivity contribution in [2.45, 2.75) is 12.5 Å². The van der Waals surface area contributed by atoms with E-state index in [1.165, 1.54) is 0 Å². The Morgan fingerprint density at radius 2 is 2.35 bits per heavy atom. The van der Waals surface area contributed by atoms with Crippen LogP contribution in [-0.2, 0) is 0 Å². The minimum absolute atomic E-state index is 0.155. The van der Waals surface area contributed by atoms with Gasteiger partial charge in [0.15, 0.2) is 0 Å². The van der Waals surface area contributed by atoms with Gasteiger partial charge >= 0.3 is 0 Å². The largest absolute Gasteiger partial charge is 0.396 e. The molecule has 0 aliphatic rings. The first-order valence-corrected chi connectivity index (χ1v) is 7.04. The Bertz CT molecular complexity index is 400. The Morgan fingerprint density at radius 1 is 1.59 bits per heavy atom. The van der Waals surface area contributed by atoms with Crippen molar-refractivity contribution in [2.24, 2.45) is 0 Å². The average Bonchev–Trinajstić information content (AvgIpc) is 2.30. The van der Waals surface area contributed by atoms with Crippen LogP contribution in [0.4, 0.5) is 5.69 Å². The monoisotopic (exact) mass is 270 g/mol. The first-order valence-electron chi connectivity index (χ1n) is 5.27. The molecule has 0 amide bonds. The first kappa shape index (κ1) is 14.2. The number of hydrogen-bond acceptors (Lipinski definition) is 4. The maximum atomic E-state index is 8.96. The van der Waals surface area contributed by atoms with E-state index in [-0.39, 0.29) is 12.6 Å². The van der Waals surface area contributed by atoms with Gasteiger partial charge in [-0.1, -0.05) is 11.6 Å². The third-order valence-corrected chi connectivity index (χ3v) is 3.35. The summed E-state index contributed by atoms with van der Waals surface area (Å²) in [7, 11) is 0. The Kier molecular flexibility index (Phi) is 6.20. The minimum atomic E-state index is 0.155. The lowest BCUT2D eigenvalue weighted by atomic mass is 10.2. The van der Waals surface area contributed by atoms with E-state index in [1.54, 1.807) is 23.9 Å². The number of rotatable bonds is 6. The molecule has 92 valence electrons. The minimum Gasteiger partial charge on any atom is -0.396 e. The van der Waals surface area contributed by atoms with Crippen LogP contribution >= 0.6 is 23.4 Å². The molecule has 1 aromatic rings. The highest BCUT2D eigenvalue weighted by Gasteiger charge is 2.08. The summed E-state index contributed by atoms with van der Waals surface area (Å²) in [5.41, 5.74) is 1.35. The molecule has 0 spiro atoms. The van der Waals surface area contributed by atoms with Crippen molar-refractivity contribution >= 4 is 29.1 Å². The number of nitrogens with one attached hydrogen (secondary N) is 1. The number of anilines is 1. The molecule has 3 nitrogen and oxygen atoms in total. The third kappa shape index (κ3) is 4.47. The molecule has 0 radical (unpaired) electrons. The number of nitrogens with zero attached hydrogens (tertiary/aromatic N) is 1. The fourth-order valence-electron chi connectivity index (χ4n) is 1.49. The van der Waals surface area contributed by atoms with E-state index < -0.39 is 0 Å². The standard InChI is InChI=1S/C12H15ClN2OS/c1-17-8-11(4-5-16)15-10-3-2-9(7-14)12(13)6-10/h2-3,6,11,15-16H,4-5,8H2,1H3. The van der Waals surface area contributed by atoms with Crippen molar-refractivity contribution in [1.82, 2.24) is 0 Å². The predicted molar refractivity (Wildman–Crippen MR) is 73.7 cm³/mol. The Morgan fingerprint density at radius 3 is 2.88 bits per heavy atom. The van der Waals surface area contributed by atoms with Crippen molar-refractivity contribution in [1.29, 1.82) is 5.26 Å². The molecule has 17 heavy (non-hydrogen) atoms. The van der Waals surface area contributed by atoms with Crippen LogP contribution in [-0.4, -0.2) is 29.8 Å². The van der Waals surface area contributed by atoms with Crippen molar-refractivity contribution in [3.8, 4) is 6.07 Å². The lowest BCUT2D eigenvalue weighted by molar-refractivity contribution is 0.282. The summed E-state index contributed by atoms with van der Waals surface area (Å²) >= 11 is 7.67. The van der Waals surface area contributed by atoms with Gasteiger partial charge in [-0.15, -0.1) is 0 Å². The Hall–Kier alpha value is -0.890. The molecular weight excluding hydrogens is 256 g/mol. The Labute approximate surface area is 111 Å². The number of thioether (sulfide) groups is 1. The van der Waals surface area contributed by atoms with Gasteiger partial charge in [0, 0.05) is 24.1 Å². The van der Waals surface area contributed by atoms with Gasteiger partial charge in [0.25, 0.3) is 0 Å². The molecule has 1 unspecified atom stereocenters. The highest BCUT2D eigenvalue weighted by atomic mass is 35.5. The summed E-state index contributed by atoms with van der Waals surface area (Å²) in [6.07, 6.45) is 2.72. The molecule has 1 atom stereocenters. The molecule has 1 aromatic carbocycles. The van der Waals surface area contributed by atoms with E-state index in [0.29, 0.717) is 17.0 Å². The molecule has 0 bridgehead atoms. The topological polar surface area (TPSA) is 56.0 Å². The van der Waals surface area contributed by atoms with Crippen LogP contribution in [0.2, 0.25) is 5.02 Å². The zero-order valence-corrected chi connectivity index (χ0v) is 11.2. The first-order chi connectivity index (χ1) is 8.21. The lowest BCUT2D eigenvalue weighted by Crippen LogP contribution is -2.23. The highest BCUT2D eigenvalue weighted by molar-refractivity contribution is 7.98. The van der Waals surface area contributed by atoms with Gasteiger partial charge in [0.1, 0.15) is 6.07 Å². The van der Waals surface area contributed by atoms with E-state index in [2.05, 4.69) is 5.32 Å². The van der Waals surface area contributed by atoms with Gasteiger partial charge in [0.05, 0.1) is 10.6 Å². The molecule has 0 heterocycles. The van der Waals surface area contributed by atoms with Gasteiger partial charge in [-0.05, 0) is 30.9 Å². The molecule has 0 aliphatic carbocycles. The maximum Gasteiger partial charge on any atom is 0.101 e. The average molecular weight is 271 g/mol. The van der Waals surface area contributed by atoms with Gasteiger partial charge < -0.3 is 10.4 Å². The number of aliphatic hydroxyl groups is 1. The Balaban J connectivity index is 2.72. The predicted octanol–water partition coefficient (Wildman–Crippen LogP) is 2.74. The van der Waals surface area contributed by atoms with Crippen LogP contribution < -0.4 is 5.32 Å². The summed E-state index contributed by atoms with van der Waals surface area (Å²) in [4.78, 5) is 0. The maximum absolute atomic E-state index is 8.96. The van der Waals surface area contributed by atoms with Gasteiger partial charge in [0.2, 0.25) is 0 Å². The van der Waals surface area contributed by atoms with Crippen molar-refractivity contribution in [2.75, 3.05) is 23.9 Å². The summed E-state index contributed by atoms with van der Waals surface area (Å²) in [5, 5.41) is 21.5. The fourth-order valence-corrected chi connectivity index (χ4v) is 2.36. The second-order valence-corrected chi connectivity index (χ2v) is 4.93. The number of aliphatic hydroxyl groups excluding tert-OH is 1. The van der Waals surface area contributed by atoms with Crippen LogP contribution in [0, 0.1) is 11.3 Å². The summed E-state index contributed by atoms with van der Waals surface area (Å²) in [5.74, 6) is 0.915. The molecule has 0 aliphatic heterocycles. The lowest BCUT2D eigenvalue weighted by Gasteiger charge is -2.18. The van der Waals surface area contributed by atoms with E-state index in [0.717, 1.165) is 11.4 Å². The molecule has 0 saturated carbocycles. The van der Waals surface area contributed by atoms with Crippen LogP contribution in [0.1, 0.15) is 12.0 Å². The molecular formula is C12H15ClN2OS. The number of hydrogen-bond donors (Lipinski definition) is 2. The molecule has 0 aromatic heterocycles. The van der Waals surface area contributed by atoms with E-state index >= 15 is 0 Å². The normalized spacial score (nSPS) is 11.9. The smallest absolute Gasteiger partial charge is 0.101 e. The van der Waals surface area contributed by atoms with E-state index in [1.807, 2.05) is 18.4 Å². The zero-order valence-electron chi connectivity index (χ0n) is 9.61. The van der Waals surface area contributed by atoms with Crippen molar-refractivity contribution < 1.29 is 5.11 Å². The van der Waals surface area contributed by atoms with Crippen LogP contribution in [0.25, 0.3) is 0 Å². The molecule has 0 saturated heterocycles. The number of benzene rings is 1. The third-order valence-electron chi connectivity index (χ3n) is 2.31. The van der Waals surface area contributed by atoms with Crippen molar-refractivity contribution in [3.05, 3.63) is 28.8 Å². The quantitative estimate of drug-likeness (QED) is 0.835. The summed E-state index contributed by atoms with van der Waals surface area (Å²) in [6.45, 7) is 0.155. The second kappa shape index (κ2) is 7.44. The van der Waals surface area contributed by atoms with E-state index in [9.17, 15) is 0 Å². The van der Waals surface area contributed by atoms with E-state index in [4.69, 9.17) is 22.0 Å². The van der Waals surface area contributed by atoms with Gasteiger partial charge in [-0.25, -0.2) is 0 Å². The van der Waals surface area contributed by atoms with Crippen molar-refractivity contribution in [3.63, 3.8) is 0 Å². The van der Waals surface area contributed by atoms with Crippen LogP contribution in [0.5, 0.6) is 0 Å². The molecule has 0 fully saturated rings. The summed E-state index contributed by atoms with van der Waals surface area (Å²) in [6, 6.07) is 7.49. The number of nitriles is 1. The van der Waals surface area contributed by atoms with Crippen LogP contribution in [0.3, 0.4) is 0 Å². The highest BCUT2D eigenvalue weighted by Crippen LogP contribution is 2.21. The molecule has 2 N–H and O–H groups in total. The SMILES string of the molecule is CSCC(CCO)Nc1ccc(C#N)c(Cl)c1. The second-order valence-electron chi connectivity index (χ2n) is 3.62. The number of halogens is 1. The fraction of sp³-hybridized carbons (Fsp3) is 0.417. The zero-order chi connectivity index (χ0) is 12.7.